The van der Waals surface area contributed by atoms with E-state index in [-0.39, 0.29) is 6.04 Å². The summed E-state index contributed by atoms with van der Waals surface area (Å²) in [5.41, 5.74) is 3.27. The number of phenols is 1. The van der Waals surface area contributed by atoms with Gasteiger partial charge in [-0.25, -0.2) is 0 Å². The van der Waals surface area contributed by atoms with Crippen LogP contribution in [-0.2, 0) is 6.42 Å². The molecule has 0 saturated heterocycles. The van der Waals surface area contributed by atoms with Crippen molar-refractivity contribution in [3.8, 4) is 11.5 Å². The molecule has 21 heavy (non-hydrogen) atoms. The molecule has 1 unspecified atom stereocenters. The fourth-order valence-electron chi connectivity index (χ4n) is 2.82. The third kappa shape index (κ3) is 2.83. The monoisotopic (exact) mass is 367 g/mol. The number of fused-ring (bicyclic) bond motifs is 1. The lowest BCUT2D eigenvalue weighted by molar-refractivity contribution is 0.413. The molecule has 0 amide bonds. The molecule has 0 radical (unpaired) electrons. The summed E-state index contributed by atoms with van der Waals surface area (Å²) in [5, 5.41) is 13.7. The molecular formula is C16H15BrClNO2. The fraction of sp³-hybridized carbons (Fsp3) is 0.250. The van der Waals surface area contributed by atoms with E-state index in [2.05, 4.69) is 21.2 Å². The largest absolute Gasteiger partial charge is 0.508 e. The Kier molecular flexibility index (Phi) is 4.00. The lowest BCUT2D eigenvalue weighted by atomic mass is 10.1. The second kappa shape index (κ2) is 5.78. The van der Waals surface area contributed by atoms with Crippen LogP contribution in [0.15, 0.2) is 34.8 Å². The van der Waals surface area contributed by atoms with Crippen LogP contribution in [0.25, 0.3) is 0 Å². The van der Waals surface area contributed by atoms with Crippen molar-refractivity contribution in [3.05, 3.63) is 51.0 Å². The predicted octanol–water partition coefficient (Wildman–Crippen LogP) is 4.92. The van der Waals surface area contributed by atoms with Gasteiger partial charge in [0.05, 0.1) is 23.3 Å². The number of hydrogen-bond donors (Lipinski definition) is 2. The first kappa shape index (κ1) is 14.5. The van der Waals surface area contributed by atoms with E-state index in [1.807, 2.05) is 24.3 Å². The number of phenolic OH excluding ortho intramolecular Hbond substituents is 1. The molecule has 2 N–H and O–H groups in total. The van der Waals surface area contributed by atoms with Crippen LogP contribution < -0.4 is 10.1 Å². The summed E-state index contributed by atoms with van der Waals surface area (Å²) < 4.78 is 6.26. The minimum absolute atomic E-state index is 0.194. The zero-order valence-electron chi connectivity index (χ0n) is 11.5. The maximum atomic E-state index is 9.56. The van der Waals surface area contributed by atoms with Crippen LogP contribution in [0.3, 0.4) is 0 Å². The number of ether oxygens (including phenoxy) is 1. The minimum atomic E-state index is 0.194. The van der Waals surface area contributed by atoms with E-state index in [1.54, 1.807) is 13.2 Å². The summed E-state index contributed by atoms with van der Waals surface area (Å²) in [6, 6.07) is 9.41. The van der Waals surface area contributed by atoms with Gasteiger partial charge in [0, 0.05) is 5.02 Å². The van der Waals surface area contributed by atoms with Crippen LogP contribution in [0.1, 0.15) is 23.6 Å². The number of aryl methyl sites for hydroxylation is 1. The van der Waals surface area contributed by atoms with Gasteiger partial charge >= 0.3 is 0 Å². The van der Waals surface area contributed by atoms with Crippen molar-refractivity contribution in [2.45, 2.75) is 18.9 Å². The Balaban J connectivity index is 1.93. The first-order valence-corrected chi connectivity index (χ1v) is 7.87. The molecule has 5 heteroatoms. The molecule has 3 rings (SSSR count). The average molecular weight is 369 g/mol. The van der Waals surface area contributed by atoms with Crippen LogP contribution in [-0.4, -0.2) is 12.2 Å². The summed E-state index contributed by atoms with van der Waals surface area (Å²) >= 11 is 9.59. The van der Waals surface area contributed by atoms with E-state index in [9.17, 15) is 5.11 Å². The number of nitrogens with one attached hydrogen (secondary N) is 1. The van der Waals surface area contributed by atoms with Crippen molar-refractivity contribution < 1.29 is 9.84 Å². The minimum Gasteiger partial charge on any atom is -0.508 e. The summed E-state index contributed by atoms with van der Waals surface area (Å²) in [5.74, 6) is 1.06. The summed E-state index contributed by atoms with van der Waals surface area (Å²) in [6.07, 6.45) is 1.93. The van der Waals surface area contributed by atoms with Crippen molar-refractivity contribution in [2.24, 2.45) is 0 Å². The summed E-state index contributed by atoms with van der Waals surface area (Å²) in [7, 11) is 1.64. The summed E-state index contributed by atoms with van der Waals surface area (Å²) in [6.45, 7) is 0. The number of benzene rings is 2. The van der Waals surface area contributed by atoms with Crippen molar-refractivity contribution in [2.75, 3.05) is 12.4 Å². The molecular weight excluding hydrogens is 354 g/mol. The molecule has 0 saturated carbocycles. The SMILES string of the molecule is COc1c(Br)cc(Cl)cc1NC1CCc2cc(O)ccc21. The number of anilines is 1. The van der Waals surface area contributed by atoms with Gasteiger partial charge in [-0.05, 0) is 64.2 Å². The molecule has 0 heterocycles. The van der Waals surface area contributed by atoms with Gasteiger partial charge < -0.3 is 15.2 Å². The van der Waals surface area contributed by atoms with E-state index in [1.165, 1.54) is 11.1 Å². The Bertz CT molecular complexity index is 690. The van der Waals surface area contributed by atoms with Crippen LogP contribution >= 0.6 is 27.5 Å². The molecule has 0 fully saturated rings. The normalized spacial score (nSPS) is 16.6. The number of aromatic hydroxyl groups is 1. The molecule has 1 aliphatic carbocycles. The molecule has 2 aromatic rings. The zero-order chi connectivity index (χ0) is 15.0. The molecule has 0 bridgehead atoms. The van der Waals surface area contributed by atoms with Crippen molar-refractivity contribution in [1.82, 2.24) is 0 Å². The van der Waals surface area contributed by atoms with E-state index < -0.39 is 0 Å². The third-order valence-electron chi connectivity index (χ3n) is 3.75. The number of hydrogen-bond acceptors (Lipinski definition) is 3. The first-order valence-electron chi connectivity index (χ1n) is 6.70. The predicted molar refractivity (Wildman–Crippen MR) is 88.5 cm³/mol. The van der Waals surface area contributed by atoms with Gasteiger partial charge in [0.15, 0.2) is 5.75 Å². The van der Waals surface area contributed by atoms with Gasteiger partial charge in [-0.15, -0.1) is 0 Å². The van der Waals surface area contributed by atoms with Crippen LogP contribution in [0, 0.1) is 0 Å². The second-order valence-electron chi connectivity index (χ2n) is 5.09. The van der Waals surface area contributed by atoms with E-state index in [0.717, 1.165) is 28.8 Å². The Morgan fingerprint density at radius 3 is 2.90 bits per heavy atom. The van der Waals surface area contributed by atoms with Crippen molar-refractivity contribution in [1.29, 1.82) is 0 Å². The van der Waals surface area contributed by atoms with Gasteiger partial charge in [-0.2, -0.15) is 0 Å². The highest BCUT2D eigenvalue weighted by Crippen LogP contribution is 2.41. The molecule has 0 aromatic heterocycles. The Morgan fingerprint density at radius 2 is 2.14 bits per heavy atom. The lowest BCUT2D eigenvalue weighted by Crippen LogP contribution is -2.08. The van der Waals surface area contributed by atoms with Crippen LogP contribution in [0.4, 0.5) is 5.69 Å². The second-order valence-corrected chi connectivity index (χ2v) is 6.38. The first-order chi connectivity index (χ1) is 10.1. The number of methoxy groups -OCH3 is 1. The van der Waals surface area contributed by atoms with Gasteiger partial charge in [0.2, 0.25) is 0 Å². The third-order valence-corrected chi connectivity index (χ3v) is 4.55. The lowest BCUT2D eigenvalue weighted by Gasteiger charge is -2.19. The quantitative estimate of drug-likeness (QED) is 0.808. The molecule has 1 aliphatic rings. The maximum absolute atomic E-state index is 9.56. The van der Waals surface area contributed by atoms with E-state index >= 15 is 0 Å². The topological polar surface area (TPSA) is 41.5 Å². The maximum Gasteiger partial charge on any atom is 0.156 e. The van der Waals surface area contributed by atoms with Crippen molar-refractivity contribution in [3.63, 3.8) is 0 Å². The van der Waals surface area contributed by atoms with E-state index in [0.29, 0.717) is 10.8 Å². The highest BCUT2D eigenvalue weighted by molar-refractivity contribution is 9.10. The van der Waals surface area contributed by atoms with E-state index in [4.69, 9.17) is 16.3 Å². The van der Waals surface area contributed by atoms with Gasteiger partial charge in [0.25, 0.3) is 0 Å². The van der Waals surface area contributed by atoms with Gasteiger partial charge in [-0.3, -0.25) is 0 Å². The zero-order valence-corrected chi connectivity index (χ0v) is 13.8. The highest BCUT2D eigenvalue weighted by atomic mass is 79.9. The highest BCUT2D eigenvalue weighted by Gasteiger charge is 2.24. The average Bonchev–Trinajstić information content (AvgIpc) is 2.80. The molecule has 2 aromatic carbocycles. The Morgan fingerprint density at radius 1 is 1.33 bits per heavy atom. The molecule has 1 atom stereocenters. The smallest absolute Gasteiger partial charge is 0.156 e. The Hall–Kier alpha value is -1.39. The summed E-state index contributed by atoms with van der Waals surface area (Å²) in [4.78, 5) is 0. The van der Waals surface area contributed by atoms with Gasteiger partial charge in [-0.1, -0.05) is 17.7 Å². The number of halogens is 2. The van der Waals surface area contributed by atoms with Gasteiger partial charge in [0.1, 0.15) is 5.75 Å². The van der Waals surface area contributed by atoms with Crippen molar-refractivity contribution >= 4 is 33.2 Å². The van der Waals surface area contributed by atoms with Crippen LogP contribution in [0.5, 0.6) is 11.5 Å². The molecule has 110 valence electrons. The fourth-order valence-corrected chi connectivity index (χ4v) is 3.79. The Labute approximate surface area is 137 Å². The standard InChI is InChI=1S/C16H15BrClNO2/c1-21-16-13(17)7-10(18)8-15(16)19-14-5-2-9-6-11(20)3-4-12(9)14/h3-4,6-8,14,19-20H,2,5H2,1H3. The molecule has 0 aliphatic heterocycles. The number of rotatable bonds is 3. The molecule has 0 spiro atoms. The molecule has 3 nitrogen and oxygen atoms in total. The van der Waals surface area contributed by atoms with Crippen LogP contribution in [0.2, 0.25) is 5.02 Å².